The van der Waals surface area contributed by atoms with E-state index in [9.17, 15) is 0 Å². The quantitative estimate of drug-likeness (QED) is 0.478. The molecule has 1 aromatic heterocycles. The van der Waals surface area contributed by atoms with Crippen LogP contribution in [0.1, 0.15) is 18.1 Å². The number of nitrogens with zero attached hydrogens (tertiary/aromatic N) is 2. The lowest BCUT2D eigenvalue weighted by atomic mass is 10.1. The smallest absolute Gasteiger partial charge is 0.174 e. The van der Waals surface area contributed by atoms with E-state index in [1.807, 2.05) is 67.7 Å². The van der Waals surface area contributed by atoms with Gasteiger partial charge in [0.05, 0.1) is 26.5 Å². The molecular weight excluding hydrogens is 410 g/mol. The molecule has 0 aliphatic carbocycles. The summed E-state index contributed by atoms with van der Waals surface area (Å²) < 4.78 is 16.6. The predicted molar refractivity (Wildman–Crippen MR) is 127 cm³/mol. The van der Waals surface area contributed by atoms with Gasteiger partial charge in [0.15, 0.2) is 5.11 Å². The van der Waals surface area contributed by atoms with Gasteiger partial charge in [-0.2, -0.15) is 0 Å². The van der Waals surface area contributed by atoms with Crippen molar-refractivity contribution in [2.45, 2.75) is 20.0 Å². The van der Waals surface area contributed by atoms with Crippen molar-refractivity contribution < 1.29 is 14.2 Å². The Bertz CT molecular complexity index is 998. The highest BCUT2D eigenvalue weighted by molar-refractivity contribution is 7.80. The van der Waals surface area contributed by atoms with Crippen LogP contribution in [0.5, 0.6) is 17.2 Å². The molecule has 0 radical (unpaired) electrons. The van der Waals surface area contributed by atoms with Crippen LogP contribution in [0.25, 0.3) is 0 Å². The molecule has 0 bridgehead atoms. The summed E-state index contributed by atoms with van der Waals surface area (Å²) in [6.07, 6.45) is 3.60. The predicted octanol–water partition coefficient (Wildman–Crippen LogP) is 4.90. The first-order valence-corrected chi connectivity index (χ1v) is 10.4. The van der Waals surface area contributed by atoms with Crippen LogP contribution in [0.4, 0.5) is 5.69 Å². The highest BCUT2D eigenvalue weighted by Gasteiger charge is 2.16. The number of para-hydroxylation sites is 2. The van der Waals surface area contributed by atoms with Gasteiger partial charge in [-0.1, -0.05) is 18.2 Å². The Labute approximate surface area is 188 Å². The number of hydrogen-bond acceptors (Lipinski definition) is 5. The molecule has 7 heteroatoms. The van der Waals surface area contributed by atoms with Gasteiger partial charge in [-0.15, -0.1) is 0 Å². The zero-order valence-corrected chi connectivity index (χ0v) is 18.8. The third kappa shape index (κ3) is 6.08. The van der Waals surface area contributed by atoms with Crippen LogP contribution in [0.15, 0.2) is 67.0 Å². The molecule has 0 unspecified atom stereocenters. The van der Waals surface area contributed by atoms with Crippen LogP contribution in [0, 0.1) is 0 Å². The van der Waals surface area contributed by atoms with Crippen molar-refractivity contribution in [2.24, 2.45) is 0 Å². The Morgan fingerprint density at radius 3 is 2.55 bits per heavy atom. The molecule has 0 atom stereocenters. The maximum Gasteiger partial charge on any atom is 0.174 e. The van der Waals surface area contributed by atoms with Crippen molar-refractivity contribution in [1.82, 2.24) is 9.88 Å². The van der Waals surface area contributed by atoms with Gasteiger partial charge in [0.2, 0.25) is 0 Å². The fourth-order valence-corrected chi connectivity index (χ4v) is 3.38. The fraction of sp³-hybridized carbons (Fsp3) is 0.250. The maximum absolute atomic E-state index is 5.80. The van der Waals surface area contributed by atoms with E-state index < -0.39 is 0 Å². The normalized spacial score (nSPS) is 10.3. The van der Waals surface area contributed by atoms with Gasteiger partial charge in [-0.3, -0.25) is 4.98 Å². The largest absolute Gasteiger partial charge is 0.497 e. The lowest BCUT2D eigenvalue weighted by Gasteiger charge is -2.27. The Kier molecular flexibility index (Phi) is 8.06. The van der Waals surface area contributed by atoms with Crippen molar-refractivity contribution in [1.29, 1.82) is 0 Å². The number of anilines is 1. The molecule has 0 aliphatic heterocycles. The zero-order chi connectivity index (χ0) is 22.1. The van der Waals surface area contributed by atoms with Gasteiger partial charge in [-0.05, 0) is 55.0 Å². The number of thiocarbonyl (C=S) groups is 1. The summed E-state index contributed by atoms with van der Waals surface area (Å²) in [6, 6.07) is 17.5. The second-order valence-electron chi connectivity index (χ2n) is 6.75. The van der Waals surface area contributed by atoms with E-state index in [0.717, 1.165) is 34.1 Å². The van der Waals surface area contributed by atoms with Gasteiger partial charge >= 0.3 is 0 Å². The van der Waals surface area contributed by atoms with E-state index in [1.165, 1.54) is 0 Å². The van der Waals surface area contributed by atoms with Gasteiger partial charge in [0, 0.05) is 37.1 Å². The summed E-state index contributed by atoms with van der Waals surface area (Å²) in [5, 5.41) is 3.92. The molecule has 0 aliphatic rings. The fourth-order valence-electron chi connectivity index (χ4n) is 3.15. The van der Waals surface area contributed by atoms with E-state index in [0.29, 0.717) is 24.8 Å². The molecule has 2 aromatic carbocycles. The van der Waals surface area contributed by atoms with Crippen molar-refractivity contribution >= 4 is 23.0 Å². The summed E-state index contributed by atoms with van der Waals surface area (Å²) >= 11 is 5.80. The first-order valence-electron chi connectivity index (χ1n) is 10.0. The molecular formula is C24H27N3O3S. The molecule has 162 valence electrons. The van der Waals surface area contributed by atoms with Crippen LogP contribution in [0.2, 0.25) is 0 Å². The molecule has 3 aromatic rings. The number of nitrogens with one attached hydrogen (secondary N) is 1. The second kappa shape index (κ2) is 11.2. The second-order valence-corrected chi connectivity index (χ2v) is 7.14. The molecule has 0 saturated carbocycles. The van der Waals surface area contributed by atoms with E-state index >= 15 is 0 Å². The third-order valence-electron chi connectivity index (χ3n) is 4.67. The standard InChI is InChI=1S/C24H27N3O3S/c1-4-30-22-10-6-5-9-21(22)26-24(31)27(16-18-8-7-13-25-15-18)17-19-11-12-20(28-2)14-23(19)29-3/h5-15H,4,16-17H2,1-3H3,(H,26,31). The van der Waals surface area contributed by atoms with E-state index in [1.54, 1.807) is 20.4 Å². The van der Waals surface area contributed by atoms with Crippen molar-refractivity contribution in [3.8, 4) is 17.2 Å². The number of ether oxygens (including phenoxy) is 3. The van der Waals surface area contributed by atoms with Crippen molar-refractivity contribution in [3.63, 3.8) is 0 Å². The molecule has 6 nitrogen and oxygen atoms in total. The van der Waals surface area contributed by atoms with Crippen LogP contribution in [0.3, 0.4) is 0 Å². The van der Waals surface area contributed by atoms with Gasteiger partial charge in [0.25, 0.3) is 0 Å². The molecule has 31 heavy (non-hydrogen) atoms. The molecule has 1 heterocycles. The number of rotatable bonds is 9. The number of benzene rings is 2. The summed E-state index contributed by atoms with van der Waals surface area (Å²) in [5.74, 6) is 2.24. The first-order chi connectivity index (χ1) is 15.1. The number of hydrogen-bond donors (Lipinski definition) is 1. The average Bonchev–Trinajstić information content (AvgIpc) is 2.81. The summed E-state index contributed by atoms with van der Waals surface area (Å²) in [5.41, 5.74) is 2.87. The SMILES string of the molecule is CCOc1ccccc1NC(=S)N(Cc1cccnc1)Cc1ccc(OC)cc1OC. The molecule has 1 N–H and O–H groups in total. The van der Waals surface area contributed by atoms with Gasteiger partial charge < -0.3 is 24.4 Å². The Morgan fingerprint density at radius 2 is 1.84 bits per heavy atom. The van der Waals surface area contributed by atoms with Gasteiger partial charge in [0.1, 0.15) is 17.2 Å². The number of aromatic nitrogens is 1. The lowest BCUT2D eigenvalue weighted by molar-refractivity contribution is 0.341. The average molecular weight is 438 g/mol. The number of pyridine rings is 1. The Morgan fingerprint density at radius 1 is 1.00 bits per heavy atom. The summed E-state index contributed by atoms with van der Waals surface area (Å²) in [7, 11) is 3.29. The van der Waals surface area contributed by atoms with Gasteiger partial charge in [-0.25, -0.2) is 0 Å². The summed E-state index contributed by atoms with van der Waals surface area (Å²) in [4.78, 5) is 6.30. The Hall–Kier alpha value is -3.32. The molecule has 0 fully saturated rings. The van der Waals surface area contributed by atoms with E-state index in [2.05, 4.69) is 15.2 Å². The monoisotopic (exact) mass is 437 g/mol. The third-order valence-corrected chi connectivity index (χ3v) is 5.03. The van der Waals surface area contributed by atoms with Crippen molar-refractivity contribution in [2.75, 3.05) is 26.1 Å². The topological polar surface area (TPSA) is 55.9 Å². The minimum Gasteiger partial charge on any atom is -0.497 e. The number of methoxy groups -OCH3 is 2. The molecule has 0 saturated heterocycles. The molecule has 3 rings (SSSR count). The van der Waals surface area contributed by atoms with Crippen LogP contribution in [-0.2, 0) is 13.1 Å². The Balaban J connectivity index is 1.87. The van der Waals surface area contributed by atoms with E-state index in [4.69, 9.17) is 26.4 Å². The highest BCUT2D eigenvalue weighted by atomic mass is 32.1. The maximum atomic E-state index is 5.80. The van der Waals surface area contributed by atoms with Crippen LogP contribution >= 0.6 is 12.2 Å². The molecule has 0 amide bonds. The zero-order valence-electron chi connectivity index (χ0n) is 18.0. The van der Waals surface area contributed by atoms with E-state index in [-0.39, 0.29) is 0 Å². The minimum atomic E-state index is 0.546. The van der Waals surface area contributed by atoms with Crippen molar-refractivity contribution in [3.05, 3.63) is 78.1 Å². The van der Waals surface area contributed by atoms with Crippen LogP contribution < -0.4 is 19.5 Å². The summed E-state index contributed by atoms with van der Waals surface area (Å²) in [6.45, 7) is 3.67. The highest BCUT2D eigenvalue weighted by Crippen LogP contribution is 2.28. The van der Waals surface area contributed by atoms with Crippen LogP contribution in [-0.4, -0.2) is 35.8 Å². The molecule has 0 spiro atoms. The minimum absolute atomic E-state index is 0.546. The first kappa shape index (κ1) is 22.4. The lowest BCUT2D eigenvalue weighted by Crippen LogP contribution is -2.34.